The van der Waals surface area contributed by atoms with Gasteiger partial charge in [0, 0.05) is 25.1 Å². The number of rotatable bonds is 4. The van der Waals surface area contributed by atoms with Gasteiger partial charge in [0.15, 0.2) is 0 Å². The molecule has 6 nitrogen and oxygen atoms in total. The normalized spacial score (nSPS) is 16.7. The summed E-state index contributed by atoms with van der Waals surface area (Å²) >= 11 is 0. The molecule has 2 aromatic rings. The van der Waals surface area contributed by atoms with E-state index in [0.29, 0.717) is 29.4 Å². The maximum atomic E-state index is 12.6. The molecule has 6 heteroatoms. The van der Waals surface area contributed by atoms with E-state index in [9.17, 15) is 4.79 Å². The molecule has 1 fully saturated rings. The monoisotopic (exact) mass is 290 g/mol. The van der Waals surface area contributed by atoms with E-state index in [1.807, 2.05) is 4.68 Å². The van der Waals surface area contributed by atoms with Crippen LogP contribution in [0.5, 0.6) is 0 Å². The Hall–Kier alpha value is -1.69. The van der Waals surface area contributed by atoms with E-state index in [1.54, 1.807) is 17.8 Å². The topological polar surface area (TPSA) is 72.4 Å². The molecule has 1 N–H and O–H groups in total. The van der Waals surface area contributed by atoms with Gasteiger partial charge in [0.1, 0.15) is 6.33 Å². The maximum absolute atomic E-state index is 12.6. The molecule has 21 heavy (non-hydrogen) atoms. The van der Waals surface area contributed by atoms with Crippen molar-refractivity contribution in [3.63, 3.8) is 0 Å². The summed E-state index contributed by atoms with van der Waals surface area (Å²) in [4.78, 5) is 21.3. The minimum Gasteiger partial charge on any atom is -0.396 e. The highest BCUT2D eigenvalue weighted by molar-refractivity contribution is 5.31. The van der Waals surface area contributed by atoms with Gasteiger partial charge < -0.3 is 5.11 Å². The van der Waals surface area contributed by atoms with Crippen LogP contribution in [0.15, 0.2) is 11.1 Å². The zero-order chi connectivity index (χ0) is 14.8. The molecule has 1 aliphatic carbocycles. The van der Waals surface area contributed by atoms with Crippen LogP contribution in [-0.2, 0) is 13.0 Å². The van der Waals surface area contributed by atoms with Crippen LogP contribution >= 0.6 is 0 Å². The summed E-state index contributed by atoms with van der Waals surface area (Å²) in [5.41, 5.74) is 1.15. The Bertz CT molecular complexity index is 683. The molecule has 0 spiro atoms. The minimum atomic E-state index is -0.0974. The zero-order valence-corrected chi connectivity index (χ0v) is 12.5. The Labute approximate surface area is 123 Å². The van der Waals surface area contributed by atoms with E-state index in [0.717, 1.165) is 6.54 Å². The third kappa shape index (κ3) is 2.72. The van der Waals surface area contributed by atoms with Gasteiger partial charge in [-0.15, -0.1) is 0 Å². The first-order chi connectivity index (χ1) is 10.2. The van der Waals surface area contributed by atoms with Crippen molar-refractivity contribution < 1.29 is 5.11 Å². The molecule has 2 aromatic heterocycles. The molecular weight excluding hydrogens is 268 g/mol. The number of hydrogen-bond donors (Lipinski definition) is 1. The first kappa shape index (κ1) is 14.3. The highest BCUT2D eigenvalue weighted by Gasteiger charge is 2.18. The molecule has 0 amide bonds. The number of aromatic nitrogens is 4. The standard InChI is InChI=1S/C15H22N4O2/c1-11-13(7-8-20)14(21)19-15(17-11)16-10-18(19)9-12-5-3-2-4-6-12/h10,12,20H,2-9H2,1H3. The van der Waals surface area contributed by atoms with Crippen LogP contribution in [0.1, 0.15) is 43.4 Å². The Balaban J connectivity index is 1.99. The van der Waals surface area contributed by atoms with Crippen molar-refractivity contribution in [3.8, 4) is 0 Å². The maximum Gasteiger partial charge on any atom is 0.277 e. The molecule has 0 saturated heterocycles. The van der Waals surface area contributed by atoms with Crippen molar-refractivity contribution in [3.05, 3.63) is 27.9 Å². The smallest absolute Gasteiger partial charge is 0.277 e. The van der Waals surface area contributed by atoms with Crippen molar-refractivity contribution in [1.29, 1.82) is 0 Å². The number of nitrogens with zero attached hydrogens (tertiary/aromatic N) is 4. The molecule has 0 atom stereocenters. The number of hydrogen-bond acceptors (Lipinski definition) is 4. The lowest BCUT2D eigenvalue weighted by Gasteiger charge is -2.22. The van der Waals surface area contributed by atoms with E-state index < -0.39 is 0 Å². The quantitative estimate of drug-likeness (QED) is 0.921. The Morgan fingerprint density at radius 3 is 2.81 bits per heavy atom. The molecule has 1 saturated carbocycles. The summed E-state index contributed by atoms with van der Waals surface area (Å²) in [6.45, 7) is 2.58. The SMILES string of the molecule is Cc1nc2ncn(CC3CCCCC3)n2c(=O)c1CCO. The Morgan fingerprint density at radius 2 is 2.10 bits per heavy atom. The lowest BCUT2D eigenvalue weighted by Crippen LogP contribution is -2.28. The second kappa shape index (κ2) is 5.97. The second-order valence-electron chi connectivity index (χ2n) is 5.94. The summed E-state index contributed by atoms with van der Waals surface area (Å²) in [5, 5.41) is 9.12. The molecule has 0 unspecified atom stereocenters. The van der Waals surface area contributed by atoms with Crippen molar-refractivity contribution in [2.24, 2.45) is 5.92 Å². The lowest BCUT2D eigenvalue weighted by atomic mass is 9.89. The average molecular weight is 290 g/mol. The molecule has 0 aromatic carbocycles. The van der Waals surface area contributed by atoms with E-state index in [4.69, 9.17) is 5.11 Å². The highest BCUT2D eigenvalue weighted by atomic mass is 16.3. The van der Waals surface area contributed by atoms with Gasteiger partial charge in [0.25, 0.3) is 11.3 Å². The lowest BCUT2D eigenvalue weighted by molar-refractivity contribution is 0.295. The second-order valence-corrected chi connectivity index (χ2v) is 5.94. The largest absolute Gasteiger partial charge is 0.396 e. The number of fused-ring (bicyclic) bond motifs is 1. The van der Waals surface area contributed by atoms with E-state index >= 15 is 0 Å². The van der Waals surface area contributed by atoms with Crippen LogP contribution in [0, 0.1) is 12.8 Å². The van der Waals surface area contributed by atoms with Gasteiger partial charge in [-0.25, -0.2) is 4.98 Å². The van der Waals surface area contributed by atoms with Crippen LogP contribution in [0.4, 0.5) is 0 Å². The summed E-state index contributed by atoms with van der Waals surface area (Å²) < 4.78 is 3.45. The van der Waals surface area contributed by atoms with Crippen molar-refractivity contribution >= 4 is 5.78 Å². The van der Waals surface area contributed by atoms with Gasteiger partial charge in [-0.05, 0) is 25.7 Å². The number of aliphatic hydroxyl groups excluding tert-OH is 1. The van der Waals surface area contributed by atoms with Crippen molar-refractivity contribution in [2.75, 3.05) is 6.61 Å². The molecule has 2 heterocycles. The fourth-order valence-corrected chi connectivity index (χ4v) is 3.29. The van der Waals surface area contributed by atoms with Gasteiger partial charge in [-0.2, -0.15) is 9.50 Å². The van der Waals surface area contributed by atoms with E-state index in [-0.39, 0.29) is 12.2 Å². The molecule has 3 rings (SSSR count). The molecule has 1 aliphatic rings. The summed E-state index contributed by atoms with van der Waals surface area (Å²) in [6, 6.07) is 0. The first-order valence-electron chi connectivity index (χ1n) is 7.75. The molecule has 0 radical (unpaired) electrons. The fourth-order valence-electron chi connectivity index (χ4n) is 3.29. The van der Waals surface area contributed by atoms with Crippen LogP contribution < -0.4 is 5.56 Å². The third-order valence-corrected chi connectivity index (χ3v) is 4.44. The van der Waals surface area contributed by atoms with Gasteiger partial charge in [-0.1, -0.05) is 19.3 Å². The average Bonchev–Trinajstić information content (AvgIpc) is 2.87. The number of aryl methyl sites for hydroxylation is 1. The van der Waals surface area contributed by atoms with Crippen molar-refractivity contribution in [2.45, 2.75) is 52.0 Å². The van der Waals surface area contributed by atoms with Crippen LogP contribution in [0.3, 0.4) is 0 Å². The zero-order valence-electron chi connectivity index (χ0n) is 12.5. The minimum absolute atomic E-state index is 0.0411. The Morgan fingerprint density at radius 1 is 1.33 bits per heavy atom. The predicted molar refractivity (Wildman–Crippen MR) is 79.3 cm³/mol. The molecular formula is C15H22N4O2. The van der Waals surface area contributed by atoms with Gasteiger partial charge in [0.05, 0.1) is 5.69 Å². The summed E-state index contributed by atoms with van der Waals surface area (Å²) in [5.74, 6) is 1.07. The molecule has 0 aliphatic heterocycles. The Kier molecular flexibility index (Phi) is 4.05. The highest BCUT2D eigenvalue weighted by Crippen LogP contribution is 2.24. The first-order valence-corrected chi connectivity index (χ1v) is 7.75. The van der Waals surface area contributed by atoms with E-state index in [1.165, 1.54) is 32.1 Å². The van der Waals surface area contributed by atoms with E-state index in [2.05, 4.69) is 9.97 Å². The third-order valence-electron chi connectivity index (χ3n) is 4.44. The van der Waals surface area contributed by atoms with Crippen LogP contribution in [0.2, 0.25) is 0 Å². The van der Waals surface area contributed by atoms with Crippen molar-refractivity contribution in [1.82, 2.24) is 19.2 Å². The fraction of sp³-hybridized carbons (Fsp3) is 0.667. The number of aliphatic hydroxyl groups is 1. The summed E-state index contributed by atoms with van der Waals surface area (Å²) in [7, 11) is 0. The van der Waals surface area contributed by atoms with Gasteiger partial charge >= 0.3 is 0 Å². The predicted octanol–water partition coefficient (Wildman–Crippen LogP) is 1.31. The van der Waals surface area contributed by atoms with Crippen LogP contribution in [-0.4, -0.2) is 30.9 Å². The van der Waals surface area contributed by atoms with Crippen LogP contribution in [0.25, 0.3) is 5.78 Å². The molecule has 114 valence electrons. The van der Waals surface area contributed by atoms with Gasteiger partial charge in [0.2, 0.25) is 0 Å². The summed E-state index contributed by atoms with van der Waals surface area (Å²) in [6.07, 6.45) is 8.37. The molecule has 0 bridgehead atoms. The van der Waals surface area contributed by atoms with Gasteiger partial charge in [-0.3, -0.25) is 9.48 Å².